The lowest BCUT2D eigenvalue weighted by atomic mass is 10.4. The van der Waals surface area contributed by atoms with Crippen LogP contribution in [0, 0.1) is 0 Å². The molecule has 0 spiro atoms. The number of likely N-dealkylation sites (N-methyl/N-ethyl adjacent to an activating group) is 3. The summed E-state index contributed by atoms with van der Waals surface area (Å²) >= 11 is 0. The largest absolute Gasteiger partial charge is 1.00 e. The summed E-state index contributed by atoms with van der Waals surface area (Å²) in [5, 5.41) is 0. The molecule has 0 saturated carbocycles. The summed E-state index contributed by atoms with van der Waals surface area (Å²) in [6.07, 6.45) is 12.7. The molecular weight excluding hydrogens is 720 g/mol. The zero-order valence-corrected chi connectivity index (χ0v) is 31.7. The summed E-state index contributed by atoms with van der Waals surface area (Å²) in [4.78, 5) is 7.29. The van der Waals surface area contributed by atoms with Crippen LogP contribution < -0.4 is 64.6 Å². The topological polar surface area (TPSA) is 21.4 Å². The Labute approximate surface area is 289 Å². The SMILES string of the molecule is CCN(CC)CC[n+]1ccccc1.CCN(CC)CC[n+]1ccccc1.CCN(CC)CC[n+]1ccccc1.[Br-].[Br-].[Br-]. The molecule has 3 rings (SSSR count). The molecule has 0 aliphatic heterocycles. The van der Waals surface area contributed by atoms with Crippen molar-refractivity contribution >= 4 is 0 Å². The molecule has 0 saturated heterocycles. The van der Waals surface area contributed by atoms with Crippen molar-refractivity contribution in [2.45, 2.75) is 61.2 Å². The smallest absolute Gasteiger partial charge is 0.168 e. The minimum Gasteiger partial charge on any atom is -1.00 e. The number of rotatable bonds is 15. The van der Waals surface area contributed by atoms with Gasteiger partial charge in [-0.1, -0.05) is 59.7 Å². The van der Waals surface area contributed by atoms with Crippen molar-refractivity contribution in [2.75, 3.05) is 58.9 Å². The molecular formula is C33H57Br3N6. The second kappa shape index (κ2) is 31.2. The normalized spacial score (nSPS) is 9.93. The quantitative estimate of drug-likeness (QED) is 0.145. The van der Waals surface area contributed by atoms with E-state index in [1.165, 1.54) is 0 Å². The van der Waals surface area contributed by atoms with Gasteiger partial charge in [0.25, 0.3) is 0 Å². The molecule has 0 fully saturated rings. The maximum absolute atomic E-state index is 2.43. The highest BCUT2D eigenvalue weighted by Gasteiger charge is 2.04. The van der Waals surface area contributed by atoms with Gasteiger partial charge in [-0.15, -0.1) is 0 Å². The molecule has 0 aromatic carbocycles. The number of hydrogen-bond donors (Lipinski definition) is 0. The Morgan fingerprint density at radius 3 is 0.690 bits per heavy atom. The highest BCUT2D eigenvalue weighted by molar-refractivity contribution is 4.84. The molecule has 3 aromatic rings. The van der Waals surface area contributed by atoms with Gasteiger partial charge in [0.1, 0.15) is 0 Å². The molecule has 6 nitrogen and oxygen atoms in total. The summed E-state index contributed by atoms with van der Waals surface area (Å²) in [7, 11) is 0. The van der Waals surface area contributed by atoms with Gasteiger partial charge in [-0.25, -0.2) is 13.7 Å². The first-order valence-corrected chi connectivity index (χ1v) is 15.1. The fourth-order valence-corrected chi connectivity index (χ4v) is 4.14. The van der Waals surface area contributed by atoms with Gasteiger partial charge >= 0.3 is 0 Å². The van der Waals surface area contributed by atoms with E-state index < -0.39 is 0 Å². The molecule has 3 heterocycles. The lowest BCUT2D eigenvalue weighted by molar-refractivity contribution is -0.696. The van der Waals surface area contributed by atoms with Gasteiger partial charge in [0.05, 0.1) is 19.6 Å². The van der Waals surface area contributed by atoms with E-state index in [0.717, 1.165) is 78.5 Å². The Morgan fingerprint density at radius 1 is 0.333 bits per heavy atom. The van der Waals surface area contributed by atoms with E-state index in [-0.39, 0.29) is 50.9 Å². The molecule has 42 heavy (non-hydrogen) atoms. The average Bonchev–Trinajstić information content (AvgIpc) is 3.01. The Bertz CT molecular complexity index is 788. The maximum atomic E-state index is 2.43. The van der Waals surface area contributed by atoms with Gasteiger partial charge in [-0.05, 0) is 39.3 Å². The van der Waals surface area contributed by atoms with Crippen LogP contribution in [0.4, 0.5) is 0 Å². The van der Waals surface area contributed by atoms with Crippen LogP contribution in [0.15, 0.2) is 91.8 Å². The fraction of sp³-hybridized carbons (Fsp3) is 0.545. The first kappa shape index (κ1) is 45.2. The van der Waals surface area contributed by atoms with E-state index in [2.05, 4.69) is 144 Å². The number of pyridine rings is 3. The molecule has 0 bridgehead atoms. The molecule has 0 radical (unpaired) electrons. The lowest BCUT2D eigenvalue weighted by Gasteiger charge is -2.15. The van der Waals surface area contributed by atoms with Gasteiger partial charge in [0.15, 0.2) is 56.8 Å². The number of aromatic nitrogens is 3. The van der Waals surface area contributed by atoms with Crippen LogP contribution in [-0.4, -0.2) is 73.6 Å². The van der Waals surface area contributed by atoms with Crippen LogP contribution in [0.1, 0.15) is 41.5 Å². The summed E-state index contributed by atoms with van der Waals surface area (Å²) in [5.41, 5.74) is 0. The zero-order valence-electron chi connectivity index (χ0n) is 27.0. The average molecular weight is 778 g/mol. The van der Waals surface area contributed by atoms with Gasteiger partial charge in [-0.3, -0.25) is 14.7 Å². The second-order valence-corrected chi connectivity index (χ2v) is 9.42. The van der Waals surface area contributed by atoms with Crippen molar-refractivity contribution in [1.82, 2.24) is 14.7 Å². The summed E-state index contributed by atoms with van der Waals surface area (Å²) in [6, 6.07) is 18.6. The van der Waals surface area contributed by atoms with E-state index in [9.17, 15) is 0 Å². The number of hydrogen-bond acceptors (Lipinski definition) is 3. The fourth-order valence-electron chi connectivity index (χ4n) is 4.14. The van der Waals surface area contributed by atoms with Crippen LogP contribution >= 0.6 is 0 Å². The van der Waals surface area contributed by atoms with Crippen molar-refractivity contribution in [3.8, 4) is 0 Å². The highest BCUT2D eigenvalue weighted by atomic mass is 79.9. The van der Waals surface area contributed by atoms with E-state index in [4.69, 9.17) is 0 Å². The third-order valence-electron chi connectivity index (χ3n) is 7.04. The van der Waals surface area contributed by atoms with E-state index in [1.54, 1.807) is 0 Å². The van der Waals surface area contributed by atoms with Gasteiger partial charge < -0.3 is 50.9 Å². The molecule has 0 amide bonds. The first-order chi connectivity index (χ1) is 19.1. The Hall–Kier alpha value is -1.23. The summed E-state index contributed by atoms with van der Waals surface area (Å²) < 4.78 is 6.66. The molecule has 0 unspecified atom stereocenters. The molecule has 0 atom stereocenters. The molecule has 0 N–H and O–H groups in total. The van der Waals surface area contributed by atoms with Crippen molar-refractivity contribution in [3.05, 3.63) is 91.8 Å². The third kappa shape index (κ3) is 22.3. The van der Waals surface area contributed by atoms with Crippen LogP contribution in [0.25, 0.3) is 0 Å². The van der Waals surface area contributed by atoms with Crippen LogP contribution in [0.2, 0.25) is 0 Å². The predicted molar refractivity (Wildman–Crippen MR) is 163 cm³/mol. The van der Waals surface area contributed by atoms with Crippen LogP contribution in [0.5, 0.6) is 0 Å². The minimum atomic E-state index is 0. The van der Waals surface area contributed by atoms with Gasteiger partial charge in [0, 0.05) is 36.4 Å². The van der Waals surface area contributed by atoms with Gasteiger partial charge in [0.2, 0.25) is 0 Å². The van der Waals surface area contributed by atoms with E-state index in [0.29, 0.717) is 0 Å². The highest BCUT2D eigenvalue weighted by Crippen LogP contribution is 1.88. The molecule has 3 aromatic heterocycles. The van der Waals surface area contributed by atoms with Crippen molar-refractivity contribution in [1.29, 1.82) is 0 Å². The molecule has 0 aliphatic carbocycles. The Morgan fingerprint density at radius 2 is 0.524 bits per heavy atom. The zero-order chi connectivity index (χ0) is 28.6. The third-order valence-corrected chi connectivity index (χ3v) is 7.04. The standard InChI is InChI=1S/3C11H19N2.3BrH/c3*1-3-12(4-2)10-11-13-8-6-5-7-9-13;;;/h3*5-9H,3-4,10-11H2,1-2H3;3*1H/q3*+1;;;/p-3. The summed E-state index contributed by atoms with van der Waals surface area (Å²) in [5.74, 6) is 0. The predicted octanol–water partition coefficient (Wildman–Crippen LogP) is -5.04. The Balaban J connectivity index is -0.000000524. The van der Waals surface area contributed by atoms with Crippen LogP contribution in [-0.2, 0) is 19.6 Å². The number of halogens is 3. The van der Waals surface area contributed by atoms with Crippen molar-refractivity contribution in [2.24, 2.45) is 0 Å². The lowest BCUT2D eigenvalue weighted by Crippen LogP contribution is -3.00. The Kier molecular flexibility index (Phi) is 33.6. The van der Waals surface area contributed by atoms with Crippen molar-refractivity contribution < 1.29 is 64.6 Å². The minimum absolute atomic E-state index is 0. The number of nitrogens with zero attached hydrogens (tertiary/aromatic N) is 6. The summed E-state index contributed by atoms with van der Waals surface area (Å²) in [6.45, 7) is 26.8. The first-order valence-electron chi connectivity index (χ1n) is 15.1. The van der Waals surface area contributed by atoms with Gasteiger partial charge in [-0.2, -0.15) is 0 Å². The van der Waals surface area contributed by atoms with Crippen molar-refractivity contribution in [3.63, 3.8) is 0 Å². The van der Waals surface area contributed by atoms with E-state index in [1.807, 2.05) is 18.2 Å². The molecule has 240 valence electrons. The second-order valence-electron chi connectivity index (χ2n) is 9.42. The molecule has 0 aliphatic rings. The molecule has 9 heteroatoms. The van der Waals surface area contributed by atoms with E-state index >= 15 is 0 Å². The van der Waals surface area contributed by atoms with Crippen LogP contribution in [0.3, 0.4) is 0 Å². The monoisotopic (exact) mass is 774 g/mol. The maximum Gasteiger partial charge on any atom is 0.168 e.